The molecule has 0 aromatic heterocycles. The molecule has 2 amide bonds. The first-order valence-electron chi connectivity index (χ1n) is 5.72. The van der Waals surface area contributed by atoms with Crippen molar-refractivity contribution in [2.45, 2.75) is 6.54 Å². The molecule has 90 valence electrons. The number of fused-ring (bicyclic) bond motifs is 1. The number of hydrogen-bond acceptors (Lipinski definition) is 1. The summed E-state index contributed by atoms with van der Waals surface area (Å²) in [7, 11) is 0. The van der Waals surface area contributed by atoms with Crippen LogP contribution in [0.5, 0.6) is 0 Å². The van der Waals surface area contributed by atoms with Gasteiger partial charge in [0.05, 0.1) is 6.54 Å². The van der Waals surface area contributed by atoms with Gasteiger partial charge < -0.3 is 10.6 Å². The predicted octanol–water partition coefficient (Wildman–Crippen LogP) is 2.27. The van der Waals surface area contributed by atoms with Crippen LogP contribution in [0.15, 0.2) is 42.5 Å². The van der Waals surface area contributed by atoms with Gasteiger partial charge in [-0.3, -0.25) is 0 Å². The molecule has 0 saturated heterocycles. The summed E-state index contributed by atoms with van der Waals surface area (Å²) < 4.78 is 0. The molecule has 18 heavy (non-hydrogen) atoms. The van der Waals surface area contributed by atoms with E-state index < -0.39 is 0 Å². The number of nitrogens with one attached hydrogen (secondary N) is 2. The zero-order valence-electron chi connectivity index (χ0n) is 9.94. The van der Waals surface area contributed by atoms with E-state index in [2.05, 4.69) is 34.8 Å². The van der Waals surface area contributed by atoms with Gasteiger partial charge in [0.15, 0.2) is 0 Å². The third-order valence-corrected chi connectivity index (χ3v) is 2.62. The van der Waals surface area contributed by atoms with Gasteiger partial charge in [0.2, 0.25) is 0 Å². The number of urea groups is 1. The third-order valence-electron chi connectivity index (χ3n) is 2.62. The molecule has 0 saturated carbocycles. The van der Waals surface area contributed by atoms with Crippen molar-refractivity contribution in [3.8, 4) is 12.3 Å². The van der Waals surface area contributed by atoms with Crippen molar-refractivity contribution in [1.82, 2.24) is 10.6 Å². The van der Waals surface area contributed by atoms with Crippen LogP contribution in [0.25, 0.3) is 10.8 Å². The van der Waals surface area contributed by atoms with Gasteiger partial charge in [0.1, 0.15) is 0 Å². The lowest BCUT2D eigenvalue weighted by molar-refractivity contribution is 0.241. The predicted molar refractivity (Wildman–Crippen MR) is 73.0 cm³/mol. The molecule has 0 aliphatic carbocycles. The first-order valence-corrected chi connectivity index (χ1v) is 5.72. The van der Waals surface area contributed by atoms with E-state index in [0.29, 0.717) is 6.54 Å². The first kappa shape index (κ1) is 12.0. The maximum Gasteiger partial charge on any atom is 0.315 e. The molecular formula is C15H14N2O. The van der Waals surface area contributed by atoms with Crippen LogP contribution in [0.2, 0.25) is 0 Å². The maximum absolute atomic E-state index is 11.3. The van der Waals surface area contributed by atoms with Crippen LogP contribution in [0.1, 0.15) is 5.56 Å². The number of benzene rings is 2. The number of terminal acetylenes is 1. The van der Waals surface area contributed by atoms with Gasteiger partial charge in [-0.05, 0) is 22.4 Å². The second kappa shape index (κ2) is 5.74. The lowest BCUT2D eigenvalue weighted by Gasteiger charge is -2.06. The SMILES string of the molecule is C#CCNC(=O)NCc1ccc2ccccc2c1. The van der Waals surface area contributed by atoms with E-state index >= 15 is 0 Å². The van der Waals surface area contributed by atoms with Gasteiger partial charge >= 0.3 is 6.03 Å². The fraction of sp³-hybridized carbons (Fsp3) is 0.133. The largest absolute Gasteiger partial charge is 0.334 e. The number of hydrogen-bond donors (Lipinski definition) is 2. The normalized spacial score (nSPS) is 9.72. The Morgan fingerprint density at radius 2 is 1.89 bits per heavy atom. The lowest BCUT2D eigenvalue weighted by atomic mass is 10.1. The van der Waals surface area contributed by atoms with E-state index in [-0.39, 0.29) is 12.6 Å². The van der Waals surface area contributed by atoms with E-state index in [0.717, 1.165) is 5.56 Å². The Balaban J connectivity index is 2.00. The molecule has 0 spiro atoms. The molecule has 2 rings (SSSR count). The third kappa shape index (κ3) is 3.02. The molecule has 2 N–H and O–H groups in total. The lowest BCUT2D eigenvalue weighted by Crippen LogP contribution is -2.35. The van der Waals surface area contributed by atoms with E-state index in [1.54, 1.807) is 0 Å². The quantitative estimate of drug-likeness (QED) is 0.791. The average Bonchev–Trinajstić information content (AvgIpc) is 2.42. The summed E-state index contributed by atoms with van der Waals surface area (Å²) in [5, 5.41) is 7.67. The second-order valence-corrected chi connectivity index (χ2v) is 3.92. The number of amides is 2. The molecule has 0 bridgehead atoms. The Morgan fingerprint density at radius 3 is 2.67 bits per heavy atom. The zero-order chi connectivity index (χ0) is 12.8. The van der Waals surface area contributed by atoms with Crippen LogP contribution in [0.4, 0.5) is 4.79 Å². The van der Waals surface area contributed by atoms with E-state index in [4.69, 9.17) is 6.42 Å². The summed E-state index contributed by atoms with van der Waals surface area (Å²) in [5.74, 6) is 2.35. The molecule has 0 atom stereocenters. The monoisotopic (exact) mass is 238 g/mol. The van der Waals surface area contributed by atoms with E-state index in [1.807, 2.05) is 24.3 Å². The van der Waals surface area contributed by atoms with Gasteiger partial charge in [-0.2, -0.15) is 0 Å². The summed E-state index contributed by atoms with van der Waals surface area (Å²) in [6.45, 7) is 0.727. The summed E-state index contributed by atoms with van der Waals surface area (Å²) in [6, 6.07) is 14.0. The summed E-state index contributed by atoms with van der Waals surface area (Å²) in [6.07, 6.45) is 5.05. The molecule has 0 fully saturated rings. The van der Waals surface area contributed by atoms with E-state index in [9.17, 15) is 4.79 Å². The molecule has 2 aromatic carbocycles. The van der Waals surface area contributed by atoms with Crippen molar-refractivity contribution in [3.63, 3.8) is 0 Å². The molecular weight excluding hydrogens is 224 g/mol. The van der Waals surface area contributed by atoms with Crippen LogP contribution >= 0.6 is 0 Å². The maximum atomic E-state index is 11.3. The van der Waals surface area contributed by atoms with Crippen molar-refractivity contribution in [2.75, 3.05) is 6.54 Å². The van der Waals surface area contributed by atoms with E-state index in [1.165, 1.54) is 10.8 Å². The first-order chi connectivity index (χ1) is 8.79. The van der Waals surface area contributed by atoms with Crippen LogP contribution in [0.3, 0.4) is 0 Å². The fourth-order valence-electron chi connectivity index (χ4n) is 1.72. The highest BCUT2D eigenvalue weighted by Gasteiger charge is 1.99. The standard InChI is InChI=1S/C15H14N2O/c1-2-9-16-15(18)17-11-12-7-8-13-5-3-4-6-14(13)10-12/h1,3-8,10H,9,11H2,(H2,16,17,18). The van der Waals surface area contributed by atoms with Crippen LogP contribution in [-0.4, -0.2) is 12.6 Å². The molecule has 0 unspecified atom stereocenters. The van der Waals surface area contributed by atoms with Crippen LogP contribution < -0.4 is 10.6 Å². The van der Waals surface area contributed by atoms with Gasteiger partial charge in [-0.25, -0.2) is 4.79 Å². The average molecular weight is 238 g/mol. The Bertz CT molecular complexity index is 599. The van der Waals surface area contributed by atoms with Crippen LogP contribution in [0, 0.1) is 12.3 Å². The summed E-state index contributed by atoms with van der Waals surface area (Å²) in [5.41, 5.74) is 1.06. The Hall–Kier alpha value is -2.47. The Kier molecular flexibility index (Phi) is 3.83. The highest BCUT2D eigenvalue weighted by Crippen LogP contribution is 2.15. The summed E-state index contributed by atoms with van der Waals surface area (Å²) in [4.78, 5) is 11.3. The minimum absolute atomic E-state index is 0.240. The highest BCUT2D eigenvalue weighted by molar-refractivity contribution is 5.83. The van der Waals surface area contributed by atoms with Gasteiger partial charge in [0.25, 0.3) is 0 Å². The van der Waals surface area contributed by atoms with Gasteiger partial charge in [-0.1, -0.05) is 42.3 Å². The number of rotatable bonds is 3. The Labute approximate surface area is 106 Å². The van der Waals surface area contributed by atoms with Crippen molar-refractivity contribution < 1.29 is 4.79 Å². The fourth-order valence-corrected chi connectivity index (χ4v) is 1.72. The highest BCUT2D eigenvalue weighted by atomic mass is 16.2. The van der Waals surface area contributed by atoms with Crippen molar-refractivity contribution in [2.24, 2.45) is 0 Å². The summed E-state index contributed by atoms with van der Waals surface area (Å²) >= 11 is 0. The minimum Gasteiger partial charge on any atom is -0.334 e. The van der Waals surface area contributed by atoms with Crippen molar-refractivity contribution in [3.05, 3.63) is 48.0 Å². The van der Waals surface area contributed by atoms with Gasteiger partial charge in [-0.15, -0.1) is 6.42 Å². The molecule has 2 aromatic rings. The van der Waals surface area contributed by atoms with Crippen molar-refractivity contribution >= 4 is 16.8 Å². The molecule has 0 radical (unpaired) electrons. The molecule has 0 aliphatic heterocycles. The number of carbonyl (C=O) groups excluding carboxylic acids is 1. The number of carbonyl (C=O) groups is 1. The van der Waals surface area contributed by atoms with Gasteiger partial charge in [0, 0.05) is 6.54 Å². The van der Waals surface area contributed by atoms with Crippen LogP contribution in [-0.2, 0) is 6.54 Å². The van der Waals surface area contributed by atoms with Crippen molar-refractivity contribution in [1.29, 1.82) is 0 Å². The smallest absolute Gasteiger partial charge is 0.315 e. The topological polar surface area (TPSA) is 41.1 Å². The molecule has 0 aliphatic rings. The second-order valence-electron chi connectivity index (χ2n) is 3.92. The Morgan fingerprint density at radius 1 is 1.11 bits per heavy atom. The molecule has 3 nitrogen and oxygen atoms in total. The molecule has 3 heteroatoms. The minimum atomic E-state index is -0.249. The zero-order valence-corrected chi connectivity index (χ0v) is 9.94. The molecule has 0 heterocycles.